The van der Waals surface area contributed by atoms with E-state index in [1.54, 1.807) is 15.7 Å². The molecule has 1 atom stereocenters. The first-order chi connectivity index (χ1) is 27.2. The quantitative estimate of drug-likeness (QED) is 0.0735. The van der Waals surface area contributed by atoms with Gasteiger partial charge < -0.3 is 24.0 Å². The zero-order valence-corrected chi connectivity index (χ0v) is 34.7. The first kappa shape index (κ1) is 42.7. The van der Waals surface area contributed by atoms with Crippen molar-refractivity contribution in [3.8, 4) is 0 Å². The van der Waals surface area contributed by atoms with Crippen LogP contribution in [-0.4, -0.2) is 69.4 Å². The lowest BCUT2D eigenvalue weighted by molar-refractivity contribution is 0.000642. The van der Waals surface area contributed by atoms with E-state index in [0.717, 1.165) is 61.3 Å². The minimum absolute atomic E-state index is 0.100. The third-order valence-electron chi connectivity index (χ3n) is 11.3. The smallest absolute Gasteiger partial charge is 0.411 e. The molecule has 0 N–H and O–H groups in total. The molecule has 56 heavy (non-hydrogen) atoms. The number of benzene rings is 2. The molecule has 1 amide bonds. The highest BCUT2D eigenvalue weighted by Gasteiger charge is 2.32. The van der Waals surface area contributed by atoms with E-state index in [1.165, 1.54) is 82.4 Å². The van der Waals surface area contributed by atoms with Gasteiger partial charge >= 0.3 is 6.09 Å². The number of carbonyl (C=O) groups excluding carboxylic acids is 1. The van der Waals surface area contributed by atoms with Gasteiger partial charge in [-0.1, -0.05) is 116 Å². The molecule has 10 nitrogen and oxygen atoms in total. The summed E-state index contributed by atoms with van der Waals surface area (Å²) in [5.74, 6) is 0.978. The van der Waals surface area contributed by atoms with Crippen LogP contribution in [-0.2, 0) is 11.3 Å². The number of carbonyl (C=O) groups is 1. The molecule has 11 heteroatoms. The van der Waals surface area contributed by atoms with E-state index in [0.29, 0.717) is 25.6 Å². The van der Waals surface area contributed by atoms with Crippen molar-refractivity contribution in [3.05, 3.63) is 82.5 Å². The second-order valence-electron chi connectivity index (χ2n) is 15.9. The van der Waals surface area contributed by atoms with Crippen LogP contribution < -0.4 is 15.4 Å². The van der Waals surface area contributed by atoms with Gasteiger partial charge in [0.1, 0.15) is 5.82 Å². The van der Waals surface area contributed by atoms with Crippen molar-refractivity contribution in [2.24, 2.45) is 5.92 Å². The molecule has 4 aromatic rings. The first-order valence-electron chi connectivity index (χ1n) is 21.4. The normalized spacial score (nSPS) is 14.1. The van der Waals surface area contributed by atoms with Crippen LogP contribution in [0.25, 0.3) is 11.0 Å². The van der Waals surface area contributed by atoms with Crippen LogP contribution in [0.3, 0.4) is 0 Å². The van der Waals surface area contributed by atoms with Gasteiger partial charge in [-0.05, 0) is 56.0 Å². The standard InChI is InChI=1S/C45H66FN7O3/c1-6-8-9-10-11-12-13-14-15-16-17-20-31-50(7-2)45(55)56-42(35(3)4)53-41(54)27-30-47-43(53)49(5)38-28-32-51(33-29-38)44-48-39-21-18-19-22-40(39)52(44)34-36-23-25-37(46)26-24-36/h18-19,21-27,30,35,38,42H,6-17,20,28-29,31-34H2,1-5H3. The van der Waals surface area contributed by atoms with Gasteiger partial charge in [-0.3, -0.25) is 4.79 Å². The lowest BCUT2D eigenvalue weighted by atomic mass is 10.0. The molecule has 5 rings (SSSR count). The predicted molar refractivity (Wildman–Crippen MR) is 226 cm³/mol. The summed E-state index contributed by atoms with van der Waals surface area (Å²) in [6.07, 6.45) is 17.2. The number of imidazole rings is 1. The van der Waals surface area contributed by atoms with Crippen LogP contribution in [0.4, 0.5) is 21.1 Å². The second kappa shape index (κ2) is 21.8. The Balaban J connectivity index is 1.18. The number of nitrogens with zero attached hydrogens (tertiary/aromatic N) is 7. The zero-order valence-electron chi connectivity index (χ0n) is 34.7. The molecule has 0 saturated carbocycles. The summed E-state index contributed by atoms with van der Waals surface area (Å²) in [6, 6.07) is 16.3. The molecule has 1 unspecified atom stereocenters. The minimum Gasteiger partial charge on any atom is -0.424 e. The fourth-order valence-electron chi connectivity index (χ4n) is 7.94. The van der Waals surface area contributed by atoms with Gasteiger partial charge in [-0.15, -0.1) is 0 Å². The van der Waals surface area contributed by atoms with Crippen LogP contribution in [0.15, 0.2) is 65.6 Å². The third kappa shape index (κ3) is 11.6. The summed E-state index contributed by atoms with van der Waals surface area (Å²) in [5.41, 5.74) is 2.72. The SMILES string of the molecule is CCCCCCCCCCCCCCN(CC)C(=O)OC(C(C)C)n1c(N(C)C2CCN(c3nc4ccccc4n3Cc3ccc(F)cc3)CC2)nccc1=O. The maximum absolute atomic E-state index is 13.7. The van der Waals surface area contributed by atoms with E-state index in [-0.39, 0.29) is 23.3 Å². The molecule has 0 radical (unpaired) electrons. The Morgan fingerprint density at radius 2 is 1.50 bits per heavy atom. The molecular weight excluding hydrogens is 706 g/mol. The van der Waals surface area contributed by atoms with E-state index in [1.807, 2.05) is 58.2 Å². The summed E-state index contributed by atoms with van der Waals surface area (Å²) in [4.78, 5) is 43.1. The number of hydrogen-bond acceptors (Lipinski definition) is 7. The van der Waals surface area contributed by atoms with E-state index in [9.17, 15) is 14.0 Å². The molecule has 0 aliphatic carbocycles. The molecule has 3 heterocycles. The van der Waals surface area contributed by atoms with Gasteiger partial charge in [0.05, 0.1) is 17.6 Å². The van der Waals surface area contributed by atoms with Crippen molar-refractivity contribution in [1.82, 2.24) is 24.0 Å². The molecule has 306 valence electrons. The fourth-order valence-corrected chi connectivity index (χ4v) is 7.94. The van der Waals surface area contributed by atoms with Crippen molar-refractivity contribution < 1.29 is 13.9 Å². The van der Waals surface area contributed by atoms with Crippen LogP contribution in [0.5, 0.6) is 0 Å². The molecule has 1 fully saturated rings. The average Bonchev–Trinajstić information content (AvgIpc) is 3.57. The monoisotopic (exact) mass is 772 g/mol. The van der Waals surface area contributed by atoms with Gasteiger partial charge in [-0.2, -0.15) is 0 Å². The second-order valence-corrected chi connectivity index (χ2v) is 15.9. The Bertz CT molecular complexity index is 1830. The van der Waals surface area contributed by atoms with Crippen molar-refractivity contribution in [2.75, 3.05) is 43.0 Å². The average molecular weight is 772 g/mol. The number of hydrogen-bond donors (Lipinski definition) is 0. The van der Waals surface area contributed by atoms with E-state index < -0.39 is 12.3 Å². The van der Waals surface area contributed by atoms with Gasteiger partial charge in [0.15, 0.2) is 6.23 Å². The molecule has 1 aliphatic heterocycles. The summed E-state index contributed by atoms with van der Waals surface area (Å²) in [5, 5.41) is 0. The number of fused-ring (bicyclic) bond motifs is 1. The van der Waals surface area contributed by atoms with Crippen molar-refractivity contribution in [3.63, 3.8) is 0 Å². The van der Waals surface area contributed by atoms with E-state index >= 15 is 0 Å². The number of halogens is 1. The zero-order chi connectivity index (χ0) is 39.9. The Labute approximate surface area is 334 Å². The van der Waals surface area contributed by atoms with Crippen LogP contribution in [0.1, 0.15) is 129 Å². The topological polar surface area (TPSA) is 88.7 Å². The maximum atomic E-state index is 13.7. The van der Waals surface area contributed by atoms with Crippen LogP contribution >= 0.6 is 0 Å². The number of anilines is 2. The minimum atomic E-state index is -0.802. The van der Waals surface area contributed by atoms with Crippen LogP contribution in [0.2, 0.25) is 0 Å². The number of piperidine rings is 1. The highest BCUT2D eigenvalue weighted by molar-refractivity contribution is 5.79. The molecule has 0 bridgehead atoms. The lowest BCUT2D eigenvalue weighted by Crippen LogP contribution is -2.47. The summed E-state index contributed by atoms with van der Waals surface area (Å²) in [7, 11) is 1.98. The lowest BCUT2D eigenvalue weighted by Gasteiger charge is -2.39. The van der Waals surface area contributed by atoms with Gasteiger partial charge in [0.25, 0.3) is 5.56 Å². The van der Waals surface area contributed by atoms with Crippen molar-refractivity contribution >= 4 is 29.0 Å². The summed E-state index contributed by atoms with van der Waals surface area (Å²) in [6.45, 7) is 11.5. The Morgan fingerprint density at radius 3 is 2.12 bits per heavy atom. The molecule has 1 saturated heterocycles. The largest absolute Gasteiger partial charge is 0.424 e. The van der Waals surface area contributed by atoms with Crippen molar-refractivity contribution in [2.45, 2.75) is 136 Å². The van der Waals surface area contributed by atoms with Gasteiger partial charge in [0, 0.05) is 57.4 Å². The summed E-state index contributed by atoms with van der Waals surface area (Å²) < 4.78 is 23.6. The number of ether oxygens (including phenoxy) is 1. The number of unbranched alkanes of at least 4 members (excludes halogenated alkanes) is 11. The van der Waals surface area contributed by atoms with Crippen molar-refractivity contribution in [1.29, 1.82) is 0 Å². The third-order valence-corrected chi connectivity index (χ3v) is 11.3. The first-order valence-corrected chi connectivity index (χ1v) is 21.4. The molecular formula is C45H66FN7O3. The highest BCUT2D eigenvalue weighted by Crippen LogP contribution is 2.30. The molecule has 2 aromatic heterocycles. The Kier molecular flexibility index (Phi) is 16.6. The molecule has 2 aromatic carbocycles. The number of para-hydroxylation sites is 2. The fraction of sp³-hybridized carbons (Fsp3) is 0.600. The van der Waals surface area contributed by atoms with E-state index in [4.69, 9.17) is 14.7 Å². The van der Waals surface area contributed by atoms with Gasteiger partial charge in [-0.25, -0.2) is 23.7 Å². The maximum Gasteiger partial charge on any atom is 0.411 e. The number of amides is 1. The van der Waals surface area contributed by atoms with Crippen LogP contribution in [0, 0.1) is 11.7 Å². The Hall–Kier alpha value is -4.41. The highest BCUT2D eigenvalue weighted by atomic mass is 19.1. The summed E-state index contributed by atoms with van der Waals surface area (Å²) >= 11 is 0. The Morgan fingerprint density at radius 1 is 0.875 bits per heavy atom. The number of rotatable bonds is 22. The number of aromatic nitrogens is 4. The molecule has 0 spiro atoms. The predicted octanol–water partition coefficient (Wildman–Crippen LogP) is 10.2. The molecule has 1 aliphatic rings. The van der Waals surface area contributed by atoms with E-state index in [2.05, 4.69) is 27.4 Å². The van der Waals surface area contributed by atoms with Gasteiger partial charge in [0.2, 0.25) is 11.9 Å².